The van der Waals surface area contributed by atoms with Crippen LogP contribution in [0.15, 0.2) is 36.4 Å². The molecule has 0 radical (unpaired) electrons. The second-order valence-electron chi connectivity index (χ2n) is 10.4. The van der Waals surface area contributed by atoms with Gasteiger partial charge in [-0.15, -0.1) is 0 Å². The van der Waals surface area contributed by atoms with Crippen LogP contribution >= 0.6 is 0 Å². The third-order valence-corrected chi connectivity index (χ3v) is 7.80. The Morgan fingerprint density at radius 1 is 1.00 bits per heavy atom. The fourth-order valence-corrected chi connectivity index (χ4v) is 5.56. The number of carbonyl (C=O) groups excluding carboxylic acids is 4. The fraction of sp³-hybridized carbons (Fsp3) is 0.429. The van der Waals surface area contributed by atoms with Crippen molar-refractivity contribution in [1.29, 1.82) is 0 Å². The summed E-state index contributed by atoms with van der Waals surface area (Å²) in [4.78, 5) is 53.1. The first kappa shape index (κ1) is 26.9. The first-order valence-electron chi connectivity index (χ1n) is 13.0. The Hall–Kier alpha value is -3.73. The Morgan fingerprint density at radius 3 is 2.41 bits per heavy atom. The minimum absolute atomic E-state index is 0.0517. The number of hydrogen-bond acceptors (Lipinski definition) is 6. The van der Waals surface area contributed by atoms with Gasteiger partial charge in [0.05, 0.1) is 17.0 Å². The summed E-state index contributed by atoms with van der Waals surface area (Å²) >= 11 is 0. The first-order chi connectivity index (χ1) is 18.5. The van der Waals surface area contributed by atoms with Crippen molar-refractivity contribution in [3.63, 3.8) is 0 Å². The van der Waals surface area contributed by atoms with E-state index in [4.69, 9.17) is 0 Å². The molecule has 206 valence electrons. The average Bonchev–Trinajstić information content (AvgIpc) is 3.14. The van der Waals surface area contributed by atoms with Crippen LogP contribution < -0.4 is 10.6 Å². The largest absolute Gasteiger partial charge is 0.391 e. The second kappa shape index (κ2) is 10.4. The monoisotopic (exact) mass is 542 g/mol. The normalized spacial score (nSPS) is 20.8. The van der Waals surface area contributed by atoms with Crippen LogP contribution in [-0.2, 0) is 22.7 Å². The summed E-state index contributed by atoms with van der Waals surface area (Å²) in [6.45, 7) is 3.74. The van der Waals surface area contributed by atoms with Gasteiger partial charge in [-0.2, -0.15) is 13.2 Å². The average molecular weight is 543 g/mol. The number of imide groups is 2. The molecule has 11 heteroatoms. The number of likely N-dealkylation sites (tertiary alicyclic amines) is 1. The molecule has 5 rings (SSSR count). The predicted molar refractivity (Wildman–Crippen MR) is 136 cm³/mol. The molecule has 2 N–H and O–H groups in total. The minimum Gasteiger partial charge on any atom is -0.380 e. The zero-order valence-electron chi connectivity index (χ0n) is 21.4. The highest BCUT2D eigenvalue weighted by atomic mass is 19.4. The van der Waals surface area contributed by atoms with E-state index in [0.29, 0.717) is 31.9 Å². The van der Waals surface area contributed by atoms with Crippen molar-refractivity contribution in [2.45, 2.75) is 57.9 Å². The van der Waals surface area contributed by atoms with Gasteiger partial charge in [0.2, 0.25) is 11.8 Å². The number of nitrogens with zero attached hydrogens (tertiary/aromatic N) is 2. The van der Waals surface area contributed by atoms with E-state index in [1.165, 1.54) is 0 Å². The molecule has 0 saturated carbocycles. The number of halogens is 3. The highest BCUT2D eigenvalue weighted by Gasteiger charge is 2.45. The lowest BCUT2D eigenvalue weighted by Gasteiger charge is -2.33. The number of anilines is 1. The van der Waals surface area contributed by atoms with Crippen molar-refractivity contribution < 1.29 is 32.3 Å². The number of hydrogen-bond donors (Lipinski definition) is 2. The molecule has 1 atom stereocenters. The Kier molecular flexibility index (Phi) is 7.19. The summed E-state index contributed by atoms with van der Waals surface area (Å²) in [5.41, 5.74) is 3.86. The highest BCUT2D eigenvalue weighted by molar-refractivity contribution is 6.25. The van der Waals surface area contributed by atoms with Crippen LogP contribution in [0, 0.1) is 12.8 Å². The molecule has 0 spiro atoms. The van der Waals surface area contributed by atoms with Crippen molar-refractivity contribution in [3.05, 3.63) is 64.2 Å². The molecule has 8 nitrogen and oxygen atoms in total. The van der Waals surface area contributed by atoms with Crippen LogP contribution in [0.2, 0.25) is 0 Å². The van der Waals surface area contributed by atoms with E-state index < -0.39 is 41.8 Å². The molecule has 2 fully saturated rings. The maximum atomic E-state index is 13.3. The molecule has 0 bridgehead atoms. The SMILES string of the molecule is Cc1cc(CNc2cccc3c2C(=O)N(C2CCC(=O)NC2=O)C3=O)ccc1CN1CCC(C(F)(F)F)CC1. The minimum atomic E-state index is -4.13. The van der Waals surface area contributed by atoms with Gasteiger partial charge < -0.3 is 5.32 Å². The van der Waals surface area contributed by atoms with Gasteiger partial charge in [0.1, 0.15) is 6.04 Å². The maximum absolute atomic E-state index is 13.3. The van der Waals surface area contributed by atoms with Crippen LogP contribution in [0.5, 0.6) is 0 Å². The molecule has 1 unspecified atom stereocenters. The Balaban J connectivity index is 1.24. The molecule has 3 heterocycles. The zero-order chi connectivity index (χ0) is 27.9. The van der Waals surface area contributed by atoms with E-state index in [1.54, 1.807) is 18.2 Å². The molecule has 0 aliphatic carbocycles. The smallest absolute Gasteiger partial charge is 0.380 e. The molecular weight excluding hydrogens is 513 g/mol. The number of rotatable bonds is 6. The lowest BCUT2D eigenvalue weighted by molar-refractivity contribution is -0.185. The van der Waals surface area contributed by atoms with Gasteiger partial charge in [-0.25, -0.2) is 0 Å². The number of piperidine rings is 2. The van der Waals surface area contributed by atoms with Crippen LogP contribution in [-0.4, -0.2) is 58.7 Å². The van der Waals surface area contributed by atoms with E-state index in [-0.39, 0.29) is 36.8 Å². The van der Waals surface area contributed by atoms with Crippen LogP contribution in [0.1, 0.15) is 63.1 Å². The van der Waals surface area contributed by atoms with Gasteiger partial charge in [0.25, 0.3) is 11.8 Å². The Morgan fingerprint density at radius 2 is 1.74 bits per heavy atom. The Labute approximate surface area is 223 Å². The van der Waals surface area contributed by atoms with Gasteiger partial charge in [-0.05, 0) is 68.1 Å². The molecular formula is C28H29F3N4O4. The van der Waals surface area contributed by atoms with Crippen molar-refractivity contribution in [2.24, 2.45) is 5.92 Å². The second-order valence-corrected chi connectivity index (χ2v) is 10.4. The number of benzene rings is 2. The van der Waals surface area contributed by atoms with Gasteiger partial charge in [-0.3, -0.25) is 34.3 Å². The van der Waals surface area contributed by atoms with E-state index in [9.17, 15) is 32.3 Å². The van der Waals surface area contributed by atoms with Crippen LogP contribution in [0.4, 0.5) is 18.9 Å². The quantitative estimate of drug-likeness (QED) is 0.540. The van der Waals surface area contributed by atoms with E-state index in [2.05, 4.69) is 10.6 Å². The number of fused-ring (bicyclic) bond motifs is 1. The molecule has 39 heavy (non-hydrogen) atoms. The molecule has 2 aromatic rings. The number of amides is 4. The molecule has 3 aliphatic rings. The van der Waals surface area contributed by atoms with Gasteiger partial charge in [-0.1, -0.05) is 24.3 Å². The van der Waals surface area contributed by atoms with Crippen molar-refractivity contribution in [1.82, 2.24) is 15.1 Å². The van der Waals surface area contributed by atoms with Gasteiger partial charge >= 0.3 is 6.18 Å². The number of alkyl halides is 3. The molecule has 3 aliphatic heterocycles. The molecule has 0 aromatic heterocycles. The fourth-order valence-electron chi connectivity index (χ4n) is 5.56. The number of nitrogens with one attached hydrogen (secondary N) is 2. The molecule has 2 saturated heterocycles. The predicted octanol–water partition coefficient (Wildman–Crippen LogP) is 3.78. The summed E-state index contributed by atoms with van der Waals surface area (Å²) in [5.74, 6) is -3.44. The summed E-state index contributed by atoms with van der Waals surface area (Å²) < 4.78 is 38.9. The highest BCUT2D eigenvalue weighted by Crippen LogP contribution is 2.35. The number of carbonyl (C=O) groups is 4. The summed E-state index contributed by atoms with van der Waals surface area (Å²) in [6.07, 6.45) is -3.75. The molecule has 4 amide bonds. The van der Waals surface area contributed by atoms with Crippen molar-refractivity contribution >= 4 is 29.3 Å². The van der Waals surface area contributed by atoms with Crippen molar-refractivity contribution in [3.8, 4) is 0 Å². The van der Waals surface area contributed by atoms with Crippen LogP contribution in [0.3, 0.4) is 0 Å². The lowest BCUT2D eigenvalue weighted by atomic mass is 9.95. The topological polar surface area (TPSA) is 98.8 Å². The maximum Gasteiger partial charge on any atom is 0.391 e. The zero-order valence-corrected chi connectivity index (χ0v) is 21.4. The first-order valence-corrected chi connectivity index (χ1v) is 13.0. The van der Waals surface area contributed by atoms with E-state index in [1.807, 2.05) is 30.0 Å². The van der Waals surface area contributed by atoms with Crippen LogP contribution in [0.25, 0.3) is 0 Å². The summed E-state index contributed by atoms with van der Waals surface area (Å²) in [6, 6.07) is 9.78. The summed E-state index contributed by atoms with van der Waals surface area (Å²) in [5, 5.41) is 5.42. The van der Waals surface area contributed by atoms with Gasteiger partial charge in [0, 0.05) is 25.2 Å². The standard InChI is InChI=1S/C28H29F3N4O4/c1-16-13-17(5-6-18(16)15-34-11-9-19(10-12-34)28(29,30)31)14-32-21-4-2-3-20-24(21)27(39)35(26(20)38)22-7-8-23(36)33-25(22)37/h2-6,13,19,22,32H,7-12,14-15H2,1H3,(H,33,36,37). The summed E-state index contributed by atoms with van der Waals surface area (Å²) in [7, 11) is 0. The third-order valence-electron chi connectivity index (χ3n) is 7.80. The lowest BCUT2D eigenvalue weighted by Crippen LogP contribution is -2.54. The van der Waals surface area contributed by atoms with E-state index >= 15 is 0 Å². The van der Waals surface area contributed by atoms with Crippen molar-refractivity contribution in [2.75, 3.05) is 18.4 Å². The number of aryl methyl sites for hydroxylation is 1. The van der Waals surface area contributed by atoms with E-state index in [0.717, 1.165) is 21.6 Å². The third kappa shape index (κ3) is 5.40. The molecule has 2 aromatic carbocycles. The van der Waals surface area contributed by atoms with Gasteiger partial charge in [0.15, 0.2) is 0 Å². The Bertz CT molecular complexity index is 1330.